The fraction of sp³-hybridized carbons (Fsp3) is 0.269. The fourth-order valence-electron chi connectivity index (χ4n) is 4.35. The Hall–Kier alpha value is -2.58. The van der Waals surface area contributed by atoms with Gasteiger partial charge in [0.25, 0.3) is 0 Å². The molecule has 1 aliphatic heterocycles. The molecule has 1 fully saturated rings. The fourth-order valence-corrected chi connectivity index (χ4v) is 6.46. The summed E-state index contributed by atoms with van der Waals surface area (Å²) in [5, 5.41) is 15.0. The minimum atomic E-state index is -0.313. The topological polar surface area (TPSA) is 59.3 Å². The lowest BCUT2D eigenvalue weighted by molar-refractivity contribution is -0.380. The number of nitro groups is 1. The van der Waals surface area contributed by atoms with E-state index in [-0.39, 0.29) is 9.92 Å². The van der Waals surface area contributed by atoms with E-state index >= 15 is 0 Å². The number of hydrogen-bond donors (Lipinski definition) is 0. The van der Waals surface area contributed by atoms with Crippen molar-refractivity contribution in [2.75, 3.05) is 13.1 Å². The minimum Gasteiger partial charge on any atom is -0.299 e. The van der Waals surface area contributed by atoms with Crippen molar-refractivity contribution in [1.82, 2.24) is 9.88 Å². The van der Waals surface area contributed by atoms with Gasteiger partial charge < -0.3 is 0 Å². The average molecular weight is 510 g/mol. The SMILES string of the molecule is Cc1ccc(-c2sc(C3CCN(Cc4csc([N+](=O)[O-])c4)CC3)nc2-c2ccc(Cl)cc2)cc1. The van der Waals surface area contributed by atoms with Crippen LogP contribution in [-0.2, 0) is 6.54 Å². The highest BCUT2D eigenvalue weighted by Crippen LogP contribution is 2.42. The largest absolute Gasteiger partial charge is 0.324 e. The number of nitrogens with zero attached hydrogens (tertiary/aromatic N) is 3. The first-order valence-electron chi connectivity index (χ1n) is 11.2. The standard InChI is InChI=1S/C26H24ClN3O2S2/c1-17-2-4-20(5-3-17)25-24(19-6-8-22(27)9-7-19)28-26(34-25)21-10-12-29(13-11-21)15-18-14-23(30(31)32)33-16-18/h2-9,14,16,21H,10-13,15H2,1H3. The first kappa shape index (κ1) is 23.2. The zero-order chi connectivity index (χ0) is 23.7. The van der Waals surface area contributed by atoms with E-state index in [0.29, 0.717) is 5.92 Å². The summed E-state index contributed by atoms with van der Waals surface area (Å²) in [5.41, 5.74) is 5.56. The van der Waals surface area contributed by atoms with Gasteiger partial charge in [-0.25, -0.2) is 4.98 Å². The summed E-state index contributed by atoms with van der Waals surface area (Å²) in [6, 6.07) is 18.3. The number of piperidine rings is 1. The number of thiazole rings is 1. The van der Waals surface area contributed by atoms with E-state index in [1.807, 2.05) is 29.6 Å². The molecule has 5 nitrogen and oxygen atoms in total. The molecule has 2 aromatic heterocycles. The van der Waals surface area contributed by atoms with Crippen LogP contribution in [0.5, 0.6) is 0 Å². The van der Waals surface area contributed by atoms with Crippen LogP contribution in [0, 0.1) is 17.0 Å². The molecule has 0 aliphatic carbocycles. The van der Waals surface area contributed by atoms with E-state index in [0.717, 1.165) is 54.3 Å². The first-order valence-corrected chi connectivity index (χ1v) is 13.3. The molecule has 8 heteroatoms. The zero-order valence-electron chi connectivity index (χ0n) is 18.7. The van der Waals surface area contributed by atoms with Gasteiger partial charge in [0, 0.05) is 34.5 Å². The van der Waals surface area contributed by atoms with E-state index in [4.69, 9.17) is 16.6 Å². The van der Waals surface area contributed by atoms with Gasteiger partial charge in [-0.1, -0.05) is 64.9 Å². The predicted octanol–water partition coefficient (Wildman–Crippen LogP) is 7.79. The van der Waals surface area contributed by atoms with E-state index in [2.05, 4.69) is 36.1 Å². The monoisotopic (exact) mass is 509 g/mol. The van der Waals surface area contributed by atoms with Gasteiger partial charge in [-0.3, -0.25) is 15.0 Å². The van der Waals surface area contributed by atoms with Crippen molar-refractivity contribution < 1.29 is 4.92 Å². The molecule has 5 rings (SSSR count). The summed E-state index contributed by atoms with van der Waals surface area (Å²) >= 11 is 9.14. The van der Waals surface area contributed by atoms with Gasteiger partial charge in [0.1, 0.15) is 0 Å². The Balaban J connectivity index is 1.35. The number of hydrogen-bond acceptors (Lipinski definition) is 6. The smallest absolute Gasteiger partial charge is 0.299 e. The molecular weight excluding hydrogens is 486 g/mol. The van der Waals surface area contributed by atoms with Gasteiger partial charge in [0.2, 0.25) is 0 Å². The molecule has 1 aliphatic rings. The number of likely N-dealkylation sites (tertiary alicyclic amines) is 1. The lowest BCUT2D eigenvalue weighted by Crippen LogP contribution is -2.32. The van der Waals surface area contributed by atoms with Crippen molar-refractivity contribution in [2.45, 2.75) is 32.2 Å². The third-order valence-corrected chi connectivity index (χ3v) is 8.69. The zero-order valence-corrected chi connectivity index (χ0v) is 21.1. The van der Waals surface area contributed by atoms with Crippen LogP contribution >= 0.6 is 34.3 Å². The number of rotatable bonds is 6. The Morgan fingerprint density at radius 3 is 2.41 bits per heavy atom. The third-order valence-electron chi connectivity index (χ3n) is 6.24. The quantitative estimate of drug-likeness (QED) is 0.196. The predicted molar refractivity (Wildman–Crippen MR) is 141 cm³/mol. The van der Waals surface area contributed by atoms with Crippen LogP contribution in [0.3, 0.4) is 0 Å². The van der Waals surface area contributed by atoms with Crippen molar-refractivity contribution in [3.8, 4) is 21.7 Å². The van der Waals surface area contributed by atoms with Crippen molar-refractivity contribution in [2.24, 2.45) is 0 Å². The molecule has 0 radical (unpaired) electrons. The molecule has 34 heavy (non-hydrogen) atoms. The lowest BCUT2D eigenvalue weighted by Gasteiger charge is -2.30. The maximum Gasteiger partial charge on any atom is 0.324 e. The summed E-state index contributed by atoms with van der Waals surface area (Å²) in [7, 11) is 0. The number of aromatic nitrogens is 1. The van der Waals surface area contributed by atoms with Crippen LogP contribution in [0.25, 0.3) is 21.7 Å². The van der Waals surface area contributed by atoms with Crippen LogP contribution in [0.15, 0.2) is 60.0 Å². The average Bonchev–Trinajstić information content (AvgIpc) is 3.49. The summed E-state index contributed by atoms with van der Waals surface area (Å²) < 4.78 is 0. The van der Waals surface area contributed by atoms with Gasteiger partial charge in [0.15, 0.2) is 0 Å². The molecule has 0 atom stereocenters. The van der Waals surface area contributed by atoms with Crippen LogP contribution in [0.1, 0.15) is 34.9 Å². The highest BCUT2D eigenvalue weighted by atomic mass is 35.5. The van der Waals surface area contributed by atoms with E-state index in [1.54, 1.807) is 17.4 Å². The Morgan fingerprint density at radius 2 is 1.76 bits per heavy atom. The van der Waals surface area contributed by atoms with Crippen molar-refractivity contribution in [3.63, 3.8) is 0 Å². The summed E-state index contributed by atoms with van der Waals surface area (Å²) in [5.74, 6) is 0.420. The molecule has 0 saturated carbocycles. The molecule has 0 amide bonds. The molecule has 174 valence electrons. The maximum atomic E-state index is 11.0. The molecule has 0 spiro atoms. The molecule has 0 unspecified atom stereocenters. The summed E-state index contributed by atoms with van der Waals surface area (Å²) in [6.45, 7) is 4.79. The minimum absolute atomic E-state index is 0.214. The van der Waals surface area contributed by atoms with Crippen LogP contribution in [-0.4, -0.2) is 27.9 Å². The highest BCUT2D eigenvalue weighted by molar-refractivity contribution is 7.15. The van der Waals surface area contributed by atoms with Crippen molar-refractivity contribution in [1.29, 1.82) is 0 Å². The van der Waals surface area contributed by atoms with E-state index in [9.17, 15) is 10.1 Å². The summed E-state index contributed by atoms with van der Waals surface area (Å²) in [6.07, 6.45) is 2.07. The van der Waals surface area contributed by atoms with E-state index in [1.165, 1.54) is 32.3 Å². The Bertz CT molecular complexity index is 1230. The van der Waals surface area contributed by atoms with Crippen molar-refractivity contribution >= 4 is 39.3 Å². The lowest BCUT2D eigenvalue weighted by atomic mass is 9.97. The van der Waals surface area contributed by atoms with E-state index < -0.39 is 0 Å². The van der Waals surface area contributed by atoms with Crippen LogP contribution in [0.2, 0.25) is 5.02 Å². The number of thiophene rings is 1. The highest BCUT2D eigenvalue weighted by Gasteiger charge is 2.26. The van der Waals surface area contributed by atoms with Crippen LogP contribution in [0.4, 0.5) is 5.00 Å². The van der Waals surface area contributed by atoms with Gasteiger partial charge in [-0.05, 0) is 56.1 Å². The molecule has 2 aromatic carbocycles. The normalized spacial score (nSPS) is 15.0. The van der Waals surface area contributed by atoms with Gasteiger partial charge >= 0.3 is 5.00 Å². The van der Waals surface area contributed by atoms with Gasteiger partial charge in [-0.2, -0.15) is 0 Å². The Labute approximate surface area is 211 Å². The molecule has 3 heterocycles. The number of halogens is 1. The second-order valence-corrected chi connectivity index (χ2v) is 11.1. The number of benzene rings is 2. The molecule has 0 bridgehead atoms. The Morgan fingerprint density at radius 1 is 1.09 bits per heavy atom. The maximum absolute atomic E-state index is 11.0. The van der Waals surface area contributed by atoms with Crippen molar-refractivity contribution in [3.05, 3.63) is 91.2 Å². The Kier molecular flexibility index (Phi) is 6.79. The summed E-state index contributed by atoms with van der Waals surface area (Å²) in [4.78, 5) is 19.4. The molecular formula is C26H24ClN3O2S2. The van der Waals surface area contributed by atoms with Gasteiger partial charge in [-0.15, -0.1) is 11.3 Å². The van der Waals surface area contributed by atoms with Crippen LogP contribution < -0.4 is 0 Å². The van der Waals surface area contributed by atoms with Gasteiger partial charge in [0.05, 0.1) is 20.5 Å². The molecule has 0 N–H and O–H groups in total. The first-order chi connectivity index (χ1) is 16.5. The second kappa shape index (κ2) is 9.96. The second-order valence-electron chi connectivity index (χ2n) is 8.70. The third kappa shape index (κ3) is 5.08. The molecule has 4 aromatic rings. The number of aryl methyl sites for hydroxylation is 1. The molecule has 1 saturated heterocycles.